The Labute approximate surface area is 105 Å². The highest BCUT2D eigenvalue weighted by molar-refractivity contribution is 6.30. The summed E-state index contributed by atoms with van der Waals surface area (Å²) >= 11 is 6.18. The molecule has 5 nitrogen and oxygen atoms in total. The van der Waals surface area contributed by atoms with E-state index >= 15 is 0 Å². The van der Waals surface area contributed by atoms with Gasteiger partial charge in [-0.2, -0.15) is 10.2 Å². The first-order valence-corrected chi connectivity index (χ1v) is 5.83. The summed E-state index contributed by atoms with van der Waals surface area (Å²) in [5.41, 5.74) is 3.13. The number of hydrogen-bond donors (Lipinski definition) is 1. The van der Waals surface area contributed by atoms with E-state index in [0.717, 1.165) is 23.4 Å². The number of nitrogens with zero attached hydrogens (tertiary/aromatic N) is 4. The van der Waals surface area contributed by atoms with Gasteiger partial charge in [0.25, 0.3) is 0 Å². The van der Waals surface area contributed by atoms with Crippen LogP contribution in [-0.4, -0.2) is 26.6 Å². The molecule has 0 radical (unpaired) electrons. The molecule has 0 aliphatic heterocycles. The van der Waals surface area contributed by atoms with Crippen molar-refractivity contribution in [3.05, 3.63) is 34.4 Å². The van der Waals surface area contributed by atoms with Crippen LogP contribution < -0.4 is 5.32 Å². The van der Waals surface area contributed by atoms with Gasteiger partial charge >= 0.3 is 0 Å². The lowest BCUT2D eigenvalue weighted by atomic mass is 10.2. The number of aromatic nitrogens is 4. The van der Waals surface area contributed by atoms with Crippen LogP contribution >= 0.6 is 11.6 Å². The molecule has 0 saturated heterocycles. The van der Waals surface area contributed by atoms with Crippen molar-refractivity contribution in [2.24, 2.45) is 7.05 Å². The number of nitrogens with one attached hydrogen (secondary N) is 1. The summed E-state index contributed by atoms with van der Waals surface area (Å²) in [7, 11) is 3.76. The van der Waals surface area contributed by atoms with Crippen molar-refractivity contribution in [2.45, 2.75) is 20.0 Å². The highest BCUT2D eigenvalue weighted by Crippen LogP contribution is 2.19. The molecule has 6 heteroatoms. The lowest BCUT2D eigenvalue weighted by Gasteiger charge is -2.01. The Morgan fingerprint density at radius 3 is 2.82 bits per heavy atom. The van der Waals surface area contributed by atoms with Crippen LogP contribution in [0.3, 0.4) is 0 Å². The maximum atomic E-state index is 6.18. The van der Waals surface area contributed by atoms with Gasteiger partial charge in [-0.15, -0.1) is 0 Å². The summed E-state index contributed by atoms with van der Waals surface area (Å²) < 4.78 is 3.56. The average Bonchev–Trinajstić information content (AvgIpc) is 2.81. The van der Waals surface area contributed by atoms with E-state index in [-0.39, 0.29) is 0 Å². The van der Waals surface area contributed by atoms with Crippen molar-refractivity contribution in [1.29, 1.82) is 0 Å². The van der Waals surface area contributed by atoms with E-state index in [9.17, 15) is 0 Å². The van der Waals surface area contributed by atoms with Crippen LogP contribution in [-0.2, 0) is 20.1 Å². The van der Waals surface area contributed by atoms with Crippen LogP contribution in [0.5, 0.6) is 0 Å². The second-order valence-electron chi connectivity index (χ2n) is 4.05. The molecule has 0 spiro atoms. The number of halogens is 1. The molecular formula is C11H16ClN5. The monoisotopic (exact) mass is 253 g/mol. The molecule has 0 fully saturated rings. The smallest absolute Gasteiger partial charge is 0.132 e. The number of hydrogen-bond acceptors (Lipinski definition) is 3. The molecule has 2 heterocycles. The van der Waals surface area contributed by atoms with E-state index < -0.39 is 0 Å². The summed E-state index contributed by atoms with van der Waals surface area (Å²) in [6, 6.07) is 0. The largest absolute Gasteiger partial charge is 0.316 e. The van der Waals surface area contributed by atoms with Crippen molar-refractivity contribution in [1.82, 2.24) is 24.9 Å². The molecule has 1 N–H and O–H groups in total. The molecule has 0 aromatic carbocycles. The van der Waals surface area contributed by atoms with Gasteiger partial charge in [-0.25, -0.2) is 0 Å². The van der Waals surface area contributed by atoms with Crippen molar-refractivity contribution >= 4 is 11.6 Å². The Morgan fingerprint density at radius 1 is 1.47 bits per heavy atom. The minimum Gasteiger partial charge on any atom is -0.316 e. The zero-order valence-corrected chi connectivity index (χ0v) is 11.0. The fourth-order valence-electron chi connectivity index (χ4n) is 1.80. The van der Waals surface area contributed by atoms with E-state index in [1.54, 1.807) is 4.68 Å². The third-order valence-corrected chi connectivity index (χ3v) is 3.13. The molecule has 2 aromatic rings. The minimum absolute atomic E-state index is 0.655. The summed E-state index contributed by atoms with van der Waals surface area (Å²) in [6.07, 6.45) is 3.87. The molecule has 0 aliphatic carbocycles. The zero-order chi connectivity index (χ0) is 12.4. The van der Waals surface area contributed by atoms with Gasteiger partial charge in [-0.1, -0.05) is 11.6 Å². The van der Waals surface area contributed by atoms with E-state index in [1.807, 2.05) is 38.1 Å². The molecule has 0 saturated carbocycles. The fourth-order valence-corrected chi connectivity index (χ4v) is 2.04. The van der Waals surface area contributed by atoms with Crippen molar-refractivity contribution in [3.63, 3.8) is 0 Å². The summed E-state index contributed by atoms with van der Waals surface area (Å²) in [6.45, 7) is 3.43. The van der Waals surface area contributed by atoms with Crippen molar-refractivity contribution in [2.75, 3.05) is 7.05 Å². The number of rotatable bonds is 4. The summed E-state index contributed by atoms with van der Waals surface area (Å²) in [5.74, 6) is 0. The standard InChI is InChI=1S/C11H16ClN5/c1-8-10(11(12)16(3)15-8)7-17-6-9(4-13-2)5-14-17/h5-6,13H,4,7H2,1-3H3. The summed E-state index contributed by atoms with van der Waals surface area (Å²) in [4.78, 5) is 0. The molecule has 0 atom stereocenters. The van der Waals surface area contributed by atoms with Crippen LogP contribution in [0.4, 0.5) is 0 Å². The fraction of sp³-hybridized carbons (Fsp3) is 0.455. The quantitative estimate of drug-likeness (QED) is 0.895. The lowest BCUT2D eigenvalue weighted by molar-refractivity contribution is 0.682. The third-order valence-electron chi connectivity index (χ3n) is 2.66. The molecule has 92 valence electrons. The van der Waals surface area contributed by atoms with Crippen molar-refractivity contribution in [3.8, 4) is 0 Å². The van der Waals surface area contributed by atoms with Gasteiger partial charge in [0.15, 0.2) is 0 Å². The van der Waals surface area contributed by atoms with Gasteiger partial charge in [0.2, 0.25) is 0 Å². The Bertz CT molecular complexity index is 514. The first kappa shape index (κ1) is 12.1. The molecule has 0 bridgehead atoms. The van der Waals surface area contributed by atoms with Gasteiger partial charge in [0.1, 0.15) is 5.15 Å². The molecule has 0 aliphatic rings. The Balaban J connectivity index is 2.19. The maximum absolute atomic E-state index is 6.18. The molecule has 0 unspecified atom stereocenters. The first-order valence-electron chi connectivity index (χ1n) is 5.45. The highest BCUT2D eigenvalue weighted by Gasteiger charge is 2.12. The molecule has 2 aromatic heterocycles. The average molecular weight is 254 g/mol. The first-order chi connectivity index (χ1) is 8.11. The lowest BCUT2D eigenvalue weighted by Crippen LogP contribution is -2.04. The van der Waals surface area contributed by atoms with E-state index in [2.05, 4.69) is 15.5 Å². The second kappa shape index (κ2) is 4.89. The SMILES string of the molecule is CNCc1cnn(Cc2c(C)nn(C)c2Cl)c1. The van der Waals surface area contributed by atoms with Gasteiger partial charge in [-0.05, 0) is 14.0 Å². The second-order valence-corrected chi connectivity index (χ2v) is 4.41. The molecular weight excluding hydrogens is 238 g/mol. The third kappa shape index (κ3) is 2.50. The highest BCUT2D eigenvalue weighted by atomic mass is 35.5. The van der Waals surface area contributed by atoms with Crippen LogP contribution in [0.25, 0.3) is 0 Å². The Kier molecular flexibility index (Phi) is 3.49. The normalized spacial score (nSPS) is 11.1. The molecule has 2 rings (SSSR count). The minimum atomic E-state index is 0.655. The summed E-state index contributed by atoms with van der Waals surface area (Å²) in [5, 5.41) is 12.4. The van der Waals surface area contributed by atoms with Gasteiger partial charge < -0.3 is 5.32 Å². The van der Waals surface area contributed by atoms with E-state index in [4.69, 9.17) is 11.6 Å². The van der Waals surface area contributed by atoms with Gasteiger partial charge in [0.05, 0.1) is 18.4 Å². The Hall–Kier alpha value is -1.33. The van der Waals surface area contributed by atoms with Crippen LogP contribution in [0.15, 0.2) is 12.4 Å². The predicted molar refractivity (Wildman–Crippen MR) is 67.0 cm³/mol. The van der Waals surface area contributed by atoms with Crippen LogP contribution in [0.1, 0.15) is 16.8 Å². The predicted octanol–water partition coefficient (Wildman–Crippen LogP) is 1.35. The van der Waals surface area contributed by atoms with Gasteiger partial charge in [-0.3, -0.25) is 9.36 Å². The van der Waals surface area contributed by atoms with Gasteiger partial charge in [0, 0.05) is 30.9 Å². The number of aryl methyl sites for hydroxylation is 2. The zero-order valence-electron chi connectivity index (χ0n) is 10.2. The topological polar surface area (TPSA) is 47.7 Å². The van der Waals surface area contributed by atoms with Crippen molar-refractivity contribution < 1.29 is 0 Å². The molecule has 17 heavy (non-hydrogen) atoms. The van der Waals surface area contributed by atoms with E-state index in [1.165, 1.54) is 0 Å². The van der Waals surface area contributed by atoms with E-state index in [0.29, 0.717) is 11.7 Å². The molecule has 0 amide bonds. The van der Waals surface area contributed by atoms with Crippen LogP contribution in [0, 0.1) is 6.92 Å². The maximum Gasteiger partial charge on any atom is 0.132 e. The van der Waals surface area contributed by atoms with Crippen LogP contribution in [0.2, 0.25) is 5.15 Å². The Morgan fingerprint density at radius 2 is 2.24 bits per heavy atom.